The molecule has 20 heavy (non-hydrogen) atoms. The number of carbonyl (C=O) groups excluding carboxylic acids is 2. The summed E-state index contributed by atoms with van der Waals surface area (Å²) in [6.07, 6.45) is 4.10. The molecular weight excluding hydrogens is 262 g/mol. The van der Waals surface area contributed by atoms with Crippen LogP contribution < -0.4 is 0 Å². The van der Waals surface area contributed by atoms with E-state index in [4.69, 9.17) is 0 Å². The lowest BCUT2D eigenvalue weighted by molar-refractivity contribution is 0.0587. The quantitative estimate of drug-likeness (QED) is 0.773. The van der Waals surface area contributed by atoms with Crippen LogP contribution >= 0.6 is 0 Å². The number of esters is 2. The van der Waals surface area contributed by atoms with E-state index < -0.39 is 11.9 Å². The number of rotatable bonds is 3. The van der Waals surface area contributed by atoms with E-state index in [1.165, 1.54) is 32.8 Å². The van der Waals surface area contributed by atoms with Gasteiger partial charge in [0.05, 0.1) is 37.9 Å². The molecule has 0 N–H and O–H groups in total. The minimum atomic E-state index is -0.557. The molecule has 0 atom stereocenters. The van der Waals surface area contributed by atoms with Crippen molar-refractivity contribution < 1.29 is 19.1 Å². The molecule has 0 radical (unpaired) electrons. The second-order valence-corrected chi connectivity index (χ2v) is 3.70. The molecule has 0 bridgehead atoms. The predicted octanol–water partition coefficient (Wildman–Crippen LogP) is 1.11. The van der Waals surface area contributed by atoms with Gasteiger partial charge < -0.3 is 9.47 Å². The Labute approximate surface area is 114 Å². The van der Waals surface area contributed by atoms with Crippen LogP contribution in [0.5, 0.6) is 0 Å². The van der Waals surface area contributed by atoms with Crippen molar-refractivity contribution in [3.8, 4) is 11.4 Å². The lowest BCUT2D eigenvalue weighted by atomic mass is 10.2. The Hall–Kier alpha value is -2.83. The first kappa shape index (κ1) is 13.6. The molecule has 7 heteroatoms. The monoisotopic (exact) mass is 273 g/mol. The van der Waals surface area contributed by atoms with Crippen molar-refractivity contribution in [1.82, 2.24) is 15.0 Å². The largest absolute Gasteiger partial charge is 0.465 e. The molecule has 0 spiro atoms. The molecule has 2 heterocycles. The summed E-state index contributed by atoms with van der Waals surface area (Å²) >= 11 is 0. The molecule has 102 valence electrons. The molecule has 0 aliphatic heterocycles. The smallest absolute Gasteiger partial charge is 0.358 e. The van der Waals surface area contributed by atoms with Gasteiger partial charge in [-0.25, -0.2) is 14.6 Å². The van der Waals surface area contributed by atoms with Gasteiger partial charge >= 0.3 is 11.9 Å². The maximum Gasteiger partial charge on any atom is 0.358 e. The molecule has 2 aromatic rings. The molecule has 2 aromatic heterocycles. The molecule has 2 rings (SSSR count). The fourth-order valence-electron chi connectivity index (χ4n) is 1.45. The summed E-state index contributed by atoms with van der Waals surface area (Å²) in [5.41, 5.74) is 1.47. The standard InChI is InChI=1S/C13H11N3O4/c1-19-12(17)8-3-4-9(14-5-8)10-6-16-11(7-15-10)13(18)20-2/h3-7H,1-2H3. The van der Waals surface area contributed by atoms with E-state index in [1.54, 1.807) is 12.1 Å². The van der Waals surface area contributed by atoms with Crippen LogP contribution in [0.1, 0.15) is 20.8 Å². The zero-order valence-electron chi connectivity index (χ0n) is 10.9. The van der Waals surface area contributed by atoms with E-state index in [0.29, 0.717) is 17.0 Å². The van der Waals surface area contributed by atoms with Crippen LogP contribution in [0.2, 0.25) is 0 Å². The number of pyridine rings is 1. The highest BCUT2D eigenvalue weighted by Crippen LogP contribution is 2.14. The van der Waals surface area contributed by atoms with E-state index >= 15 is 0 Å². The van der Waals surface area contributed by atoms with E-state index in [1.807, 2.05) is 0 Å². The summed E-state index contributed by atoms with van der Waals surface area (Å²) in [5.74, 6) is -1.02. The Kier molecular flexibility index (Phi) is 3.99. The summed E-state index contributed by atoms with van der Waals surface area (Å²) in [4.78, 5) is 34.6. The number of nitrogens with zero attached hydrogens (tertiary/aromatic N) is 3. The highest BCUT2D eigenvalue weighted by atomic mass is 16.5. The number of hydrogen-bond donors (Lipinski definition) is 0. The highest BCUT2D eigenvalue weighted by molar-refractivity contribution is 5.89. The Morgan fingerprint density at radius 3 is 2.05 bits per heavy atom. The Balaban J connectivity index is 2.23. The van der Waals surface area contributed by atoms with Gasteiger partial charge in [0, 0.05) is 6.20 Å². The van der Waals surface area contributed by atoms with Gasteiger partial charge in [0.2, 0.25) is 0 Å². The second kappa shape index (κ2) is 5.87. The lowest BCUT2D eigenvalue weighted by Crippen LogP contribution is -2.05. The fourth-order valence-corrected chi connectivity index (χ4v) is 1.45. The minimum Gasteiger partial charge on any atom is -0.465 e. The predicted molar refractivity (Wildman–Crippen MR) is 67.9 cm³/mol. The summed E-state index contributed by atoms with van der Waals surface area (Å²) in [6, 6.07) is 3.19. The first-order chi connectivity index (χ1) is 9.65. The Morgan fingerprint density at radius 1 is 0.850 bits per heavy atom. The first-order valence-electron chi connectivity index (χ1n) is 5.61. The van der Waals surface area contributed by atoms with Gasteiger partial charge in [-0.2, -0.15) is 0 Å². The molecule has 0 aromatic carbocycles. The summed E-state index contributed by atoms with van der Waals surface area (Å²) in [6.45, 7) is 0. The van der Waals surface area contributed by atoms with Gasteiger partial charge in [0.15, 0.2) is 5.69 Å². The summed E-state index contributed by atoms with van der Waals surface area (Å²) in [5, 5.41) is 0. The number of carbonyl (C=O) groups is 2. The number of ether oxygens (including phenoxy) is 2. The van der Waals surface area contributed by atoms with Crippen LogP contribution in [0.25, 0.3) is 11.4 Å². The maximum atomic E-state index is 11.3. The molecule has 7 nitrogen and oxygen atoms in total. The average Bonchev–Trinajstić information content (AvgIpc) is 2.53. The van der Waals surface area contributed by atoms with E-state index in [-0.39, 0.29) is 5.69 Å². The topological polar surface area (TPSA) is 91.3 Å². The SMILES string of the molecule is COC(=O)c1ccc(-c2cnc(C(=O)OC)cn2)nc1. The zero-order valence-corrected chi connectivity index (χ0v) is 10.9. The Morgan fingerprint density at radius 2 is 1.55 bits per heavy atom. The molecule has 0 unspecified atom stereocenters. The van der Waals surface area contributed by atoms with E-state index in [2.05, 4.69) is 24.4 Å². The van der Waals surface area contributed by atoms with Crippen LogP contribution in [-0.4, -0.2) is 41.1 Å². The molecule has 0 aliphatic rings. The van der Waals surface area contributed by atoms with Crippen LogP contribution in [0.3, 0.4) is 0 Å². The summed E-state index contributed by atoms with van der Waals surface area (Å²) < 4.78 is 9.11. The van der Waals surface area contributed by atoms with Crippen LogP contribution in [-0.2, 0) is 9.47 Å². The van der Waals surface area contributed by atoms with Crippen LogP contribution in [0.4, 0.5) is 0 Å². The third kappa shape index (κ3) is 2.77. The van der Waals surface area contributed by atoms with Crippen molar-refractivity contribution in [2.75, 3.05) is 14.2 Å². The van der Waals surface area contributed by atoms with Crippen molar-refractivity contribution in [1.29, 1.82) is 0 Å². The minimum absolute atomic E-state index is 0.113. The molecule has 0 aliphatic carbocycles. The van der Waals surface area contributed by atoms with Gasteiger partial charge in [0.1, 0.15) is 5.69 Å². The highest BCUT2D eigenvalue weighted by Gasteiger charge is 2.10. The van der Waals surface area contributed by atoms with Crippen molar-refractivity contribution in [3.63, 3.8) is 0 Å². The fraction of sp³-hybridized carbons (Fsp3) is 0.154. The molecular formula is C13H11N3O4. The molecule has 0 amide bonds. The average molecular weight is 273 g/mol. The van der Waals surface area contributed by atoms with Gasteiger partial charge in [-0.05, 0) is 12.1 Å². The van der Waals surface area contributed by atoms with Gasteiger partial charge in [0.25, 0.3) is 0 Å². The lowest BCUT2D eigenvalue weighted by Gasteiger charge is -2.02. The van der Waals surface area contributed by atoms with Gasteiger partial charge in [-0.1, -0.05) is 0 Å². The van der Waals surface area contributed by atoms with E-state index in [9.17, 15) is 9.59 Å². The number of aromatic nitrogens is 3. The van der Waals surface area contributed by atoms with Crippen LogP contribution in [0.15, 0.2) is 30.7 Å². The van der Waals surface area contributed by atoms with Crippen molar-refractivity contribution >= 4 is 11.9 Å². The van der Waals surface area contributed by atoms with Gasteiger partial charge in [-0.15, -0.1) is 0 Å². The molecule has 0 saturated carbocycles. The van der Waals surface area contributed by atoms with Crippen LogP contribution in [0, 0.1) is 0 Å². The number of methoxy groups -OCH3 is 2. The summed E-state index contributed by atoms with van der Waals surface area (Å²) in [7, 11) is 2.57. The zero-order chi connectivity index (χ0) is 14.5. The first-order valence-corrected chi connectivity index (χ1v) is 5.61. The van der Waals surface area contributed by atoms with Gasteiger partial charge in [-0.3, -0.25) is 9.97 Å². The van der Waals surface area contributed by atoms with E-state index in [0.717, 1.165) is 0 Å². The number of hydrogen-bond acceptors (Lipinski definition) is 7. The maximum absolute atomic E-state index is 11.3. The third-order valence-corrected chi connectivity index (χ3v) is 2.49. The molecule has 0 fully saturated rings. The third-order valence-electron chi connectivity index (χ3n) is 2.49. The van der Waals surface area contributed by atoms with Crippen molar-refractivity contribution in [2.45, 2.75) is 0 Å². The molecule has 0 saturated heterocycles. The van der Waals surface area contributed by atoms with Crippen molar-refractivity contribution in [3.05, 3.63) is 42.0 Å². The Bertz CT molecular complexity index is 566. The second-order valence-electron chi connectivity index (χ2n) is 3.70. The normalized spacial score (nSPS) is 9.90. The van der Waals surface area contributed by atoms with Crippen molar-refractivity contribution in [2.24, 2.45) is 0 Å².